The van der Waals surface area contributed by atoms with Crippen molar-refractivity contribution < 1.29 is 5.11 Å². The summed E-state index contributed by atoms with van der Waals surface area (Å²) in [7, 11) is 0. The highest BCUT2D eigenvalue weighted by atomic mass is 35.5. The summed E-state index contributed by atoms with van der Waals surface area (Å²) in [5, 5.41) is 11.3. The van der Waals surface area contributed by atoms with Crippen LogP contribution in [0.15, 0.2) is 11.6 Å². The van der Waals surface area contributed by atoms with E-state index in [4.69, 9.17) is 5.11 Å². The molecule has 52 valence electrons. The lowest BCUT2D eigenvalue weighted by molar-refractivity contribution is 0.299. The summed E-state index contributed by atoms with van der Waals surface area (Å²) in [5.41, 5.74) is 0. The molecule has 2 nitrogen and oxygen atoms in total. The van der Waals surface area contributed by atoms with E-state index in [1.807, 2.05) is 5.38 Å². The molecule has 0 aliphatic heterocycles. The van der Waals surface area contributed by atoms with E-state index in [1.54, 1.807) is 17.5 Å². The zero-order valence-electron chi connectivity index (χ0n) is 4.78. The highest BCUT2D eigenvalue weighted by Crippen LogP contribution is 2.02. The van der Waals surface area contributed by atoms with Gasteiger partial charge in [0.1, 0.15) is 0 Å². The van der Waals surface area contributed by atoms with Crippen molar-refractivity contribution in [3.8, 4) is 0 Å². The van der Waals surface area contributed by atoms with Crippen LogP contribution in [0.5, 0.6) is 0 Å². The van der Waals surface area contributed by atoms with E-state index in [1.165, 1.54) is 0 Å². The van der Waals surface area contributed by atoms with E-state index < -0.39 is 0 Å². The quantitative estimate of drug-likeness (QED) is 0.712. The zero-order chi connectivity index (χ0) is 5.82. The fourth-order valence-corrected chi connectivity index (χ4v) is 1.08. The maximum Gasteiger partial charge on any atom is 0.0947 e. The minimum Gasteiger partial charge on any atom is -0.396 e. The van der Waals surface area contributed by atoms with Crippen LogP contribution in [0.2, 0.25) is 0 Å². The van der Waals surface area contributed by atoms with Crippen LogP contribution in [0.1, 0.15) is 5.01 Å². The summed E-state index contributed by atoms with van der Waals surface area (Å²) in [4.78, 5) is 3.96. The summed E-state index contributed by atoms with van der Waals surface area (Å²) in [6.45, 7) is 0.202. The largest absolute Gasteiger partial charge is 0.396 e. The van der Waals surface area contributed by atoms with Crippen LogP contribution in [-0.2, 0) is 6.42 Å². The third kappa shape index (κ3) is 2.79. The minimum absolute atomic E-state index is 0. The number of aromatic nitrogens is 1. The van der Waals surface area contributed by atoms with Gasteiger partial charge in [-0.15, -0.1) is 23.7 Å². The first-order chi connectivity index (χ1) is 3.93. The molecule has 0 aromatic carbocycles. The van der Waals surface area contributed by atoms with Crippen molar-refractivity contribution in [3.05, 3.63) is 16.6 Å². The van der Waals surface area contributed by atoms with Crippen molar-refractivity contribution in [2.45, 2.75) is 6.42 Å². The maximum atomic E-state index is 8.40. The highest BCUT2D eigenvalue weighted by Gasteiger charge is 1.89. The Morgan fingerprint density at radius 1 is 1.67 bits per heavy atom. The van der Waals surface area contributed by atoms with E-state index in [0.717, 1.165) is 5.01 Å². The lowest BCUT2D eigenvalue weighted by atomic mass is 10.5. The summed E-state index contributed by atoms with van der Waals surface area (Å²) in [6, 6.07) is 0. The van der Waals surface area contributed by atoms with Gasteiger partial charge in [0.05, 0.1) is 5.01 Å². The van der Waals surface area contributed by atoms with Gasteiger partial charge in [0.15, 0.2) is 0 Å². The van der Waals surface area contributed by atoms with Crippen LogP contribution in [0.4, 0.5) is 0 Å². The normalized spacial score (nSPS) is 8.56. The first kappa shape index (κ1) is 8.88. The molecule has 0 aliphatic rings. The molecule has 1 rings (SSSR count). The van der Waals surface area contributed by atoms with Gasteiger partial charge in [-0.05, 0) is 0 Å². The van der Waals surface area contributed by atoms with Crippen molar-refractivity contribution in [2.24, 2.45) is 0 Å². The monoisotopic (exact) mass is 165 g/mol. The number of aliphatic hydroxyl groups is 1. The van der Waals surface area contributed by atoms with Crippen molar-refractivity contribution in [1.82, 2.24) is 4.98 Å². The molecule has 9 heavy (non-hydrogen) atoms. The second kappa shape index (κ2) is 4.73. The molecule has 1 aromatic heterocycles. The van der Waals surface area contributed by atoms with Crippen LogP contribution in [0.3, 0.4) is 0 Å². The third-order valence-corrected chi connectivity index (χ3v) is 1.65. The smallest absolute Gasteiger partial charge is 0.0947 e. The van der Waals surface area contributed by atoms with Gasteiger partial charge in [-0.2, -0.15) is 0 Å². The van der Waals surface area contributed by atoms with E-state index >= 15 is 0 Å². The molecule has 4 heteroatoms. The lowest BCUT2D eigenvalue weighted by Gasteiger charge is -1.84. The number of nitrogens with zero attached hydrogens (tertiary/aromatic N) is 1. The van der Waals surface area contributed by atoms with Gasteiger partial charge in [-0.1, -0.05) is 0 Å². The summed E-state index contributed by atoms with van der Waals surface area (Å²) in [5.74, 6) is 0. The Morgan fingerprint density at radius 2 is 2.44 bits per heavy atom. The number of aliphatic hydroxyl groups excluding tert-OH is 1. The molecule has 0 saturated carbocycles. The maximum absolute atomic E-state index is 8.40. The van der Waals surface area contributed by atoms with Crippen LogP contribution in [0.25, 0.3) is 0 Å². The van der Waals surface area contributed by atoms with Gasteiger partial charge in [0.25, 0.3) is 0 Å². The number of rotatable bonds is 2. The third-order valence-electron chi connectivity index (χ3n) is 0.809. The first-order valence-electron chi connectivity index (χ1n) is 2.42. The molecular weight excluding hydrogens is 158 g/mol. The summed E-state index contributed by atoms with van der Waals surface area (Å²) in [6.07, 6.45) is 2.44. The van der Waals surface area contributed by atoms with Crippen molar-refractivity contribution in [1.29, 1.82) is 0 Å². The molecule has 0 amide bonds. The topological polar surface area (TPSA) is 33.1 Å². The Hall–Kier alpha value is -0.120. The van der Waals surface area contributed by atoms with Crippen molar-refractivity contribution in [2.75, 3.05) is 6.61 Å². The van der Waals surface area contributed by atoms with Gasteiger partial charge >= 0.3 is 0 Å². The number of thiazole rings is 1. The molecule has 0 spiro atoms. The van der Waals surface area contributed by atoms with Gasteiger partial charge in [-0.3, -0.25) is 0 Å². The number of hydrogen-bond acceptors (Lipinski definition) is 3. The molecular formula is C5H8ClNOS. The number of hydrogen-bond donors (Lipinski definition) is 1. The lowest BCUT2D eigenvalue weighted by Crippen LogP contribution is -1.87. The summed E-state index contributed by atoms with van der Waals surface area (Å²) < 4.78 is 0. The molecule has 0 bridgehead atoms. The predicted octanol–water partition coefficient (Wildman–Crippen LogP) is 1.10. The summed E-state index contributed by atoms with van der Waals surface area (Å²) >= 11 is 1.58. The van der Waals surface area contributed by atoms with E-state index in [-0.39, 0.29) is 19.0 Å². The molecule has 1 aromatic rings. The van der Waals surface area contributed by atoms with Crippen LogP contribution >= 0.6 is 23.7 Å². The Labute approximate surface area is 64.0 Å². The average molecular weight is 166 g/mol. The van der Waals surface area contributed by atoms with Crippen LogP contribution < -0.4 is 0 Å². The average Bonchev–Trinajstić information content (AvgIpc) is 2.19. The van der Waals surface area contributed by atoms with E-state index in [0.29, 0.717) is 6.42 Å². The van der Waals surface area contributed by atoms with E-state index in [9.17, 15) is 0 Å². The van der Waals surface area contributed by atoms with Crippen molar-refractivity contribution in [3.63, 3.8) is 0 Å². The van der Waals surface area contributed by atoms with E-state index in [2.05, 4.69) is 4.98 Å². The molecule has 0 radical (unpaired) electrons. The van der Waals surface area contributed by atoms with Gasteiger partial charge < -0.3 is 5.11 Å². The fourth-order valence-electron chi connectivity index (χ4n) is 0.472. The van der Waals surface area contributed by atoms with Crippen molar-refractivity contribution >= 4 is 23.7 Å². The highest BCUT2D eigenvalue weighted by molar-refractivity contribution is 7.09. The standard InChI is InChI=1S/C5H7NOS.ClH/c7-3-1-5-6-2-4-8-5;/h2,4,7H,1,3H2;1H. The molecule has 1 N–H and O–H groups in total. The number of halogens is 1. The van der Waals surface area contributed by atoms with Crippen LogP contribution in [0, 0.1) is 0 Å². The molecule has 0 atom stereocenters. The fraction of sp³-hybridized carbons (Fsp3) is 0.400. The molecule has 0 aliphatic carbocycles. The molecule has 0 fully saturated rings. The molecule has 0 saturated heterocycles. The molecule has 0 unspecified atom stereocenters. The second-order valence-corrected chi connectivity index (χ2v) is 2.38. The second-order valence-electron chi connectivity index (χ2n) is 1.40. The van der Waals surface area contributed by atoms with Gasteiger partial charge in [-0.25, -0.2) is 4.98 Å². The molecule has 1 heterocycles. The first-order valence-corrected chi connectivity index (χ1v) is 3.30. The Balaban J connectivity index is 0.000000640. The minimum atomic E-state index is 0. The Morgan fingerprint density at radius 3 is 2.89 bits per heavy atom. The van der Waals surface area contributed by atoms with Gasteiger partial charge in [0.2, 0.25) is 0 Å². The van der Waals surface area contributed by atoms with Gasteiger partial charge in [0, 0.05) is 24.6 Å². The SMILES string of the molecule is Cl.OCCc1nccs1. The van der Waals surface area contributed by atoms with Crippen LogP contribution in [-0.4, -0.2) is 16.7 Å². The Kier molecular flexibility index (Phi) is 4.67. The zero-order valence-corrected chi connectivity index (χ0v) is 6.41. The Bertz CT molecular complexity index is 143. The predicted molar refractivity (Wildman–Crippen MR) is 40.2 cm³/mol.